The van der Waals surface area contributed by atoms with Crippen molar-refractivity contribution in [2.75, 3.05) is 32.8 Å². The topological polar surface area (TPSA) is 87.9 Å². The minimum absolute atomic E-state index is 0. The smallest absolute Gasteiger partial charge is 0.320 e. The fourth-order valence-electron chi connectivity index (χ4n) is 4.57. The fourth-order valence-corrected chi connectivity index (χ4v) is 4.57. The highest BCUT2D eigenvalue weighted by Gasteiger charge is 2.46. The third-order valence-electron chi connectivity index (χ3n) is 6.83. The highest BCUT2D eigenvalue weighted by Crippen LogP contribution is 2.30. The number of piperidine rings is 2. The molecule has 1 unspecified atom stereocenters. The van der Waals surface area contributed by atoms with E-state index in [2.05, 4.69) is 31.1 Å². The molecular formula is C22H36N4O4. The van der Waals surface area contributed by atoms with Crippen LogP contribution in [0.25, 0.3) is 0 Å². The molecule has 1 aromatic heterocycles. The number of fused-ring (bicyclic) bond motifs is 1. The summed E-state index contributed by atoms with van der Waals surface area (Å²) in [7, 11) is 0. The van der Waals surface area contributed by atoms with E-state index in [1.54, 1.807) is 6.26 Å². The predicted octanol–water partition coefficient (Wildman–Crippen LogP) is 2.57. The number of morpholine rings is 1. The lowest BCUT2D eigenvalue weighted by Crippen LogP contribution is -2.67. The summed E-state index contributed by atoms with van der Waals surface area (Å²) in [5.74, 6) is 1.18. The van der Waals surface area contributed by atoms with Crippen molar-refractivity contribution in [1.82, 2.24) is 20.1 Å². The van der Waals surface area contributed by atoms with Crippen LogP contribution in [0, 0.1) is 5.92 Å². The fraction of sp³-hybridized carbons (Fsp3) is 0.773. The molecule has 1 N–H and O–H groups in total. The summed E-state index contributed by atoms with van der Waals surface area (Å²) in [4.78, 5) is 33.2. The van der Waals surface area contributed by atoms with E-state index >= 15 is 0 Å². The molecule has 3 aliphatic heterocycles. The zero-order valence-corrected chi connectivity index (χ0v) is 18.6. The Morgan fingerprint density at radius 1 is 1.30 bits per heavy atom. The number of carbonyl (C=O) groups excluding carboxylic acids is 2. The van der Waals surface area contributed by atoms with Crippen molar-refractivity contribution in [3.8, 4) is 0 Å². The first kappa shape index (κ1) is 21.2. The zero-order chi connectivity index (χ0) is 21.5. The van der Waals surface area contributed by atoms with E-state index in [0.29, 0.717) is 19.0 Å². The molecule has 0 saturated carbocycles. The molecule has 3 fully saturated rings. The van der Waals surface area contributed by atoms with Crippen molar-refractivity contribution in [2.45, 2.75) is 70.4 Å². The zero-order valence-electron chi connectivity index (χ0n) is 18.6. The molecule has 3 amide bonds. The Morgan fingerprint density at radius 3 is 2.70 bits per heavy atom. The van der Waals surface area contributed by atoms with Gasteiger partial charge in [0.05, 0.1) is 17.3 Å². The van der Waals surface area contributed by atoms with E-state index in [9.17, 15) is 9.59 Å². The quantitative estimate of drug-likeness (QED) is 0.794. The average Bonchev–Trinajstić information content (AvgIpc) is 3.17. The standard InChI is InChI=1S/C22H34N4O4.H2/c1-21(2,3)17-13-29-19(24-17)11-15-5-8-25(9-6-15)20(28)26-10-7-22(4)16(12-26)23-18(27)14-30-22;/h13,15-16H,5-12,14H2,1-4H3,(H,23,27);1H/t16-,22?;/m1./s1. The molecule has 0 radical (unpaired) electrons. The molecule has 4 rings (SSSR count). The van der Waals surface area contributed by atoms with E-state index in [0.717, 1.165) is 50.4 Å². The summed E-state index contributed by atoms with van der Waals surface area (Å²) in [6.07, 6.45) is 5.24. The minimum Gasteiger partial charge on any atom is -0.449 e. The van der Waals surface area contributed by atoms with Gasteiger partial charge in [0.15, 0.2) is 5.89 Å². The van der Waals surface area contributed by atoms with Crippen molar-refractivity contribution < 1.29 is 20.2 Å². The number of carbonyl (C=O) groups is 2. The van der Waals surface area contributed by atoms with Crippen LogP contribution in [-0.2, 0) is 21.4 Å². The number of nitrogens with zero attached hydrogens (tertiary/aromatic N) is 3. The predicted molar refractivity (Wildman–Crippen MR) is 113 cm³/mol. The maximum absolute atomic E-state index is 13.1. The molecule has 30 heavy (non-hydrogen) atoms. The molecule has 2 atom stereocenters. The van der Waals surface area contributed by atoms with Gasteiger partial charge in [0, 0.05) is 39.4 Å². The summed E-state index contributed by atoms with van der Waals surface area (Å²) in [6, 6.07) is -0.0718. The van der Waals surface area contributed by atoms with Gasteiger partial charge in [-0.1, -0.05) is 20.8 Å². The number of oxazole rings is 1. The average molecular weight is 421 g/mol. The molecule has 4 heterocycles. The van der Waals surface area contributed by atoms with Gasteiger partial charge in [0.2, 0.25) is 5.91 Å². The van der Waals surface area contributed by atoms with Crippen LogP contribution in [0.15, 0.2) is 10.7 Å². The molecule has 168 valence electrons. The SMILES string of the molecule is CC(C)(C)c1coc(CC2CCN(C(=O)N3CCC4(C)OCC(=O)N[C@@H]4C3)CC2)n1.[HH]. The number of rotatable bonds is 2. The van der Waals surface area contributed by atoms with Crippen molar-refractivity contribution in [3.05, 3.63) is 17.8 Å². The van der Waals surface area contributed by atoms with E-state index in [1.807, 2.05) is 16.7 Å². The van der Waals surface area contributed by atoms with Crippen molar-refractivity contribution in [3.63, 3.8) is 0 Å². The number of nitrogens with one attached hydrogen (secondary N) is 1. The van der Waals surface area contributed by atoms with E-state index in [-0.39, 0.29) is 37.0 Å². The largest absolute Gasteiger partial charge is 0.449 e. The second-order valence-corrected chi connectivity index (χ2v) is 10.2. The number of likely N-dealkylation sites (tertiary alicyclic amines) is 2. The Kier molecular flexibility index (Phi) is 5.55. The molecule has 1 aromatic rings. The van der Waals surface area contributed by atoms with Gasteiger partial charge in [0.1, 0.15) is 12.9 Å². The highest BCUT2D eigenvalue weighted by molar-refractivity contribution is 5.79. The first-order chi connectivity index (χ1) is 14.1. The second-order valence-electron chi connectivity index (χ2n) is 10.2. The van der Waals surface area contributed by atoms with Crippen LogP contribution in [0.2, 0.25) is 0 Å². The van der Waals surface area contributed by atoms with Gasteiger partial charge in [-0.05, 0) is 32.1 Å². The highest BCUT2D eigenvalue weighted by atomic mass is 16.5. The monoisotopic (exact) mass is 420 g/mol. The van der Waals surface area contributed by atoms with Crippen LogP contribution in [0.3, 0.4) is 0 Å². The number of ether oxygens (including phenoxy) is 1. The molecule has 0 bridgehead atoms. The summed E-state index contributed by atoms with van der Waals surface area (Å²) in [6.45, 7) is 11.2. The van der Waals surface area contributed by atoms with Gasteiger partial charge in [-0.3, -0.25) is 4.79 Å². The van der Waals surface area contributed by atoms with Crippen LogP contribution in [0.5, 0.6) is 0 Å². The Labute approximate surface area is 179 Å². The van der Waals surface area contributed by atoms with Crippen LogP contribution in [-0.4, -0.2) is 71.2 Å². The molecule has 0 spiro atoms. The van der Waals surface area contributed by atoms with Crippen LogP contribution >= 0.6 is 0 Å². The molecule has 8 nitrogen and oxygen atoms in total. The second kappa shape index (κ2) is 7.87. The lowest BCUT2D eigenvalue weighted by atomic mass is 9.87. The summed E-state index contributed by atoms with van der Waals surface area (Å²) >= 11 is 0. The minimum atomic E-state index is -0.375. The Hall–Kier alpha value is -2.09. The van der Waals surface area contributed by atoms with Gasteiger partial charge in [0.25, 0.3) is 0 Å². The van der Waals surface area contributed by atoms with E-state index < -0.39 is 0 Å². The Balaban J connectivity index is 0.00000272. The van der Waals surface area contributed by atoms with Gasteiger partial charge in [-0.2, -0.15) is 0 Å². The summed E-state index contributed by atoms with van der Waals surface area (Å²) < 4.78 is 11.5. The molecular weight excluding hydrogens is 384 g/mol. The normalized spacial score (nSPS) is 28.3. The first-order valence-electron chi connectivity index (χ1n) is 11.1. The third-order valence-corrected chi connectivity index (χ3v) is 6.83. The number of hydrogen-bond acceptors (Lipinski definition) is 5. The lowest BCUT2D eigenvalue weighted by Gasteiger charge is -2.49. The van der Waals surface area contributed by atoms with Crippen LogP contribution in [0.1, 0.15) is 60.0 Å². The van der Waals surface area contributed by atoms with Crippen molar-refractivity contribution >= 4 is 11.9 Å². The van der Waals surface area contributed by atoms with Crippen molar-refractivity contribution in [1.29, 1.82) is 0 Å². The number of amides is 3. The molecule has 0 aromatic carbocycles. The van der Waals surface area contributed by atoms with Gasteiger partial charge in [-0.15, -0.1) is 0 Å². The maximum Gasteiger partial charge on any atom is 0.320 e. The first-order valence-corrected chi connectivity index (χ1v) is 11.1. The van der Waals surface area contributed by atoms with Gasteiger partial charge >= 0.3 is 6.03 Å². The molecule has 8 heteroatoms. The van der Waals surface area contributed by atoms with Gasteiger partial charge in [-0.25, -0.2) is 9.78 Å². The van der Waals surface area contributed by atoms with Gasteiger partial charge < -0.3 is 24.3 Å². The van der Waals surface area contributed by atoms with Crippen LogP contribution < -0.4 is 5.32 Å². The third kappa shape index (κ3) is 4.33. The van der Waals surface area contributed by atoms with Crippen molar-refractivity contribution in [2.24, 2.45) is 5.92 Å². The number of aromatic nitrogens is 1. The maximum atomic E-state index is 13.1. The number of urea groups is 1. The molecule has 0 aliphatic carbocycles. The summed E-state index contributed by atoms with van der Waals surface area (Å²) in [5, 5.41) is 3.00. The van der Waals surface area contributed by atoms with E-state index in [1.165, 1.54) is 0 Å². The number of hydrogen-bond donors (Lipinski definition) is 1. The lowest BCUT2D eigenvalue weighted by molar-refractivity contribution is -0.156. The molecule has 3 aliphatic rings. The Bertz CT molecular complexity index is 800. The van der Waals surface area contributed by atoms with Crippen LogP contribution in [0.4, 0.5) is 4.79 Å². The Morgan fingerprint density at radius 2 is 2.03 bits per heavy atom. The molecule has 3 saturated heterocycles. The summed E-state index contributed by atoms with van der Waals surface area (Å²) in [5.41, 5.74) is 0.603. The van der Waals surface area contributed by atoms with E-state index in [4.69, 9.17) is 9.15 Å².